The van der Waals surface area contributed by atoms with Gasteiger partial charge in [0.2, 0.25) is 0 Å². The SMILES string of the molecule is CC(=O)CCOC(=O)C([O-])(C(F)(F)F)C(F)(F)F. The maximum Gasteiger partial charge on any atom is 0.399 e. The smallest absolute Gasteiger partial charge is 0.399 e. The number of carbonyl (C=O) groups is 2. The molecule has 0 aliphatic rings. The van der Waals surface area contributed by atoms with Gasteiger partial charge in [-0.25, -0.2) is 0 Å². The molecule has 0 N–H and O–H groups in total. The van der Waals surface area contributed by atoms with Gasteiger partial charge in [-0.15, -0.1) is 0 Å². The van der Waals surface area contributed by atoms with Gasteiger partial charge in [-0.2, -0.15) is 26.3 Å². The minimum atomic E-state index is -6.39. The average molecular weight is 281 g/mol. The van der Waals surface area contributed by atoms with Gasteiger partial charge in [0.25, 0.3) is 0 Å². The highest BCUT2D eigenvalue weighted by atomic mass is 19.4. The van der Waals surface area contributed by atoms with Crippen LogP contribution in [0, 0.1) is 0 Å². The average Bonchev–Trinajstić information content (AvgIpc) is 2.11. The fraction of sp³-hybridized carbons (Fsp3) is 0.750. The molecule has 106 valence electrons. The Labute approximate surface area is 96.5 Å². The van der Waals surface area contributed by atoms with E-state index in [0.717, 1.165) is 6.92 Å². The zero-order valence-corrected chi connectivity index (χ0v) is 8.81. The number of rotatable bonds is 4. The van der Waals surface area contributed by atoms with Gasteiger partial charge in [0.15, 0.2) is 5.60 Å². The van der Waals surface area contributed by atoms with Crippen LogP contribution in [0.3, 0.4) is 0 Å². The van der Waals surface area contributed by atoms with Gasteiger partial charge in [0.05, 0.1) is 6.61 Å². The topological polar surface area (TPSA) is 66.4 Å². The number of Topliss-reactive ketones (excluding diaryl/α,β-unsaturated/α-hetero) is 1. The number of hydrogen-bond donors (Lipinski definition) is 0. The van der Waals surface area contributed by atoms with Gasteiger partial charge in [0, 0.05) is 6.42 Å². The molecule has 0 radical (unpaired) electrons. The number of hydrogen-bond acceptors (Lipinski definition) is 4. The Bertz CT molecular complexity index is 317. The minimum Gasteiger partial charge on any atom is -0.828 e. The van der Waals surface area contributed by atoms with Crippen LogP contribution in [0.2, 0.25) is 0 Å². The number of ether oxygens (including phenoxy) is 1. The van der Waals surface area contributed by atoms with E-state index in [2.05, 4.69) is 4.74 Å². The summed E-state index contributed by atoms with van der Waals surface area (Å²) in [7, 11) is 0. The Morgan fingerprint density at radius 1 is 1.06 bits per heavy atom. The Balaban J connectivity index is 5.02. The predicted octanol–water partition coefficient (Wildman–Crippen LogP) is 0.732. The Kier molecular flexibility index (Phi) is 4.75. The number of halogens is 6. The summed E-state index contributed by atoms with van der Waals surface area (Å²) in [4.78, 5) is 21.0. The van der Waals surface area contributed by atoms with Crippen LogP contribution in [0.1, 0.15) is 13.3 Å². The molecule has 0 rings (SSSR count). The molecule has 0 unspecified atom stereocenters. The zero-order chi connectivity index (χ0) is 14.8. The minimum absolute atomic E-state index is 0.586. The molecule has 0 aromatic heterocycles. The van der Waals surface area contributed by atoms with Crippen molar-refractivity contribution in [1.29, 1.82) is 0 Å². The lowest BCUT2D eigenvalue weighted by Crippen LogP contribution is -2.71. The van der Waals surface area contributed by atoms with Crippen LogP contribution >= 0.6 is 0 Å². The lowest BCUT2D eigenvalue weighted by Gasteiger charge is -2.40. The molecule has 0 saturated carbocycles. The summed E-state index contributed by atoms with van der Waals surface area (Å²) in [5, 5.41) is 10.7. The van der Waals surface area contributed by atoms with E-state index in [-0.39, 0.29) is 0 Å². The third-order valence-corrected chi connectivity index (χ3v) is 1.77. The van der Waals surface area contributed by atoms with Crippen LogP contribution in [0.4, 0.5) is 26.3 Å². The van der Waals surface area contributed by atoms with Crippen LogP contribution in [-0.2, 0) is 14.3 Å². The van der Waals surface area contributed by atoms with Gasteiger partial charge in [-0.05, 0) is 6.92 Å². The second-order valence-corrected chi connectivity index (χ2v) is 3.26. The van der Waals surface area contributed by atoms with Gasteiger partial charge in [-0.1, -0.05) is 0 Å². The van der Waals surface area contributed by atoms with E-state index >= 15 is 0 Å². The lowest BCUT2D eigenvalue weighted by molar-refractivity contribution is -0.574. The molecule has 4 nitrogen and oxygen atoms in total. The fourth-order valence-electron chi connectivity index (χ4n) is 0.781. The second kappa shape index (κ2) is 5.12. The zero-order valence-electron chi connectivity index (χ0n) is 8.81. The summed E-state index contributed by atoms with van der Waals surface area (Å²) in [6, 6.07) is 0. The summed E-state index contributed by atoms with van der Waals surface area (Å²) in [6.07, 6.45) is -13.4. The highest BCUT2D eigenvalue weighted by molar-refractivity contribution is 5.81. The molecule has 0 atom stereocenters. The van der Waals surface area contributed by atoms with Crippen molar-refractivity contribution in [2.75, 3.05) is 6.61 Å². The maximum atomic E-state index is 12.0. The largest absolute Gasteiger partial charge is 0.828 e. The van der Waals surface area contributed by atoms with E-state index in [4.69, 9.17) is 0 Å². The highest BCUT2D eigenvalue weighted by Gasteiger charge is 2.68. The first kappa shape index (κ1) is 16.7. The molecule has 18 heavy (non-hydrogen) atoms. The van der Waals surface area contributed by atoms with Crippen LogP contribution in [-0.4, -0.2) is 36.3 Å². The number of ketones is 1. The Morgan fingerprint density at radius 2 is 1.44 bits per heavy atom. The Hall–Kier alpha value is -1.32. The quantitative estimate of drug-likeness (QED) is 0.563. The lowest BCUT2D eigenvalue weighted by atomic mass is 10.0. The van der Waals surface area contributed by atoms with Crippen LogP contribution < -0.4 is 5.11 Å². The third kappa shape index (κ3) is 3.34. The third-order valence-electron chi connectivity index (χ3n) is 1.77. The molecule has 0 saturated heterocycles. The monoisotopic (exact) mass is 281 g/mol. The fourth-order valence-corrected chi connectivity index (χ4v) is 0.781. The van der Waals surface area contributed by atoms with Crippen molar-refractivity contribution in [3.63, 3.8) is 0 Å². The van der Waals surface area contributed by atoms with E-state index in [0.29, 0.717) is 0 Å². The van der Waals surface area contributed by atoms with Crippen LogP contribution in [0.15, 0.2) is 0 Å². The predicted molar refractivity (Wildman–Crippen MR) is 41.1 cm³/mol. The van der Waals surface area contributed by atoms with Gasteiger partial charge in [-0.3, -0.25) is 9.59 Å². The van der Waals surface area contributed by atoms with Crippen molar-refractivity contribution in [1.82, 2.24) is 0 Å². The molecule has 0 aliphatic heterocycles. The van der Waals surface area contributed by atoms with Crippen molar-refractivity contribution >= 4 is 11.8 Å². The van der Waals surface area contributed by atoms with Gasteiger partial charge >= 0.3 is 18.3 Å². The summed E-state index contributed by atoms with van der Waals surface area (Å²) in [6.45, 7) is -0.0455. The van der Waals surface area contributed by atoms with Crippen molar-refractivity contribution in [3.05, 3.63) is 0 Å². The van der Waals surface area contributed by atoms with Crippen molar-refractivity contribution in [2.24, 2.45) is 0 Å². The van der Waals surface area contributed by atoms with E-state index in [1.807, 2.05) is 0 Å². The molecule has 0 aliphatic carbocycles. The molecular weight excluding hydrogens is 274 g/mol. The molecule has 0 aromatic rings. The van der Waals surface area contributed by atoms with Crippen LogP contribution in [0.5, 0.6) is 0 Å². The highest BCUT2D eigenvalue weighted by Crippen LogP contribution is 2.41. The van der Waals surface area contributed by atoms with Crippen molar-refractivity contribution < 1.29 is 45.8 Å². The Morgan fingerprint density at radius 3 is 1.72 bits per heavy atom. The van der Waals surface area contributed by atoms with Crippen molar-refractivity contribution in [2.45, 2.75) is 31.3 Å². The number of alkyl halides is 6. The molecular formula is C8H7F6O4-. The summed E-state index contributed by atoms with van der Waals surface area (Å²) in [5.41, 5.74) is -5.85. The summed E-state index contributed by atoms with van der Waals surface area (Å²) in [5.74, 6) is -3.65. The number of esters is 1. The van der Waals surface area contributed by atoms with Crippen molar-refractivity contribution in [3.8, 4) is 0 Å². The molecule has 0 amide bonds. The van der Waals surface area contributed by atoms with Gasteiger partial charge in [0.1, 0.15) is 5.78 Å². The molecule has 0 bridgehead atoms. The summed E-state index contributed by atoms with van der Waals surface area (Å²) < 4.78 is 75.8. The van der Waals surface area contributed by atoms with E-state index in [1.165, 1.54) is 0 Å². The molecule has 0 spiro atoms. The van der Waals surface area contributed by atoms with E-state index in [1.54, 1.807) is 0 Å². The van der Waals surface area contributed by atoms with Gasteiger partial charge < -0.3 is 9.84 Å². The van der Waals surface area contributed by atoms with E-state index < -0.39 is 42.7 Å². The second-order valence-electron chi connectivity index (χ2n) is 3.26. The normalized spacial score (nSPS) is 13.3. The molecule has 0 heterocycles. The number of carbonyl (C=O) groups excluding carboxylic acids is 2. The first-order valence-corrected chi connectivity index (χ1v) is 4.34. The standard InChI is InChI=1S/C8H7F6O4/c1-4(15)2-3-18-5(16)6(17,7(9,10)11)8(12,13)14/h2-3H2,1H3/q-1. The molecule has 10 heteroatoms. The molecule has 0 fully saturated rings. The first-order valence-electron chi connectivity index (χ1n) is 4.34. The molecule has 0 aromatic carbocycles. The van der Waals surface area contributed by atoms with Crippen LogP contribution in [0.25, 0.3) is 0 Å². The van der Waals surface area contributed by atoms with E-state index in [9.17, 15) is 41.0 Å². The first-order chi connectivity index (χ1) is 7.84. The maximum absolute atomic E-state index is 12.0. The summed E-state index contributed by atoms with van der Waals surface area (Å²) >= 11 is 0.